The molecule has 31 heavy (non-hydrogen) atoms. The quantitative estimate of drug-likeness (QED) is 0.673. The molecule has 1 aromatic carbocycles. The summed E-state index contributed by atoms with van der Waals surface area (Å²) in [6.45, 7) is 6.70. The summed E-state index contributed by atoms with van der Waals surface area (Å²) in [6, 6.07) is 7.56. The maximum Gasteiger partial charge on any atom is 0.312 e. The number of hydrogen-bond donors (Lipinski definition) is 1. The predicted molar refractivity (Wildman–Crippen MR) is 116 cm³/mol. The number of carbonyl (C=O) groups is 3. The summed E-state index contributed by atoms with van der Waals surface area (Å²) in [4.78, 5) is 39.5. The number of benzene rings is 1. The molecule has 170 valence electrons. The molecule has 1 aliphatic carbocycles. The first-order valence-corrected chi connectivity index (χ1v) is 11.2. The minimum absolute atomic E-state index is 0.0181. The van der Waals surface area contributed by atoms with Gasteiger partial charge in [0.2, 0.25) is 5.91 Å². The van der Waals surface area contributed by atoms with E-state index in [0.717, 1.165) is 24.2 Å². The molecule has 1 saturated carbocycles. The van der Waals surface area contributed by atoms with E-state index in [1.165, 1.54) is 6.42 Å². The fraction of sp³-hybridized carbons (Fsp3) is 0.625. The molecule has 1 aromatic rings. The molecule has 7 nitrogen and oxygen atoms in total. The molecule has 2 aliphatic rings. The molecule has 3 rings (SSSR count). The molecule has 0 radical (unpaired) electrons. The lowest BCUT2D eigenvalue weighted by molar-refractivity contribution is -0.158. The van der Waals surface area contributed by atoms with E-state index in [4.69, 9.17) is 9.47 Å². The van der Waals surface area contributed by atoms with Crippen LogP contribution in [-0.4, -0.2) is 48.5 Å². The van der Waals surface area contributed by atoms with Crippen LogP contribution in [0, 0.1) is 17.8 Å². The van der Waals surface area contributed by atoms with Crippen LogP contribution in [0.2, 0.25) is 0 Å². The van der Waals surface area contributed by atoms with Crippen molar-refractivity contribution in [2.45, 2.75) is 65.1 Å². The lowest BCUT2D eigenvalue weighted by atomic mass is 9.77. The number of nitrogens with one attached hydrogen (secondary N) is 1. The van der Waals surface area contributed by atoms with Gasteiger partial charge in [-0.15, -0.1) is 0 Å². The lowest BCUT2D eigenvalue weighted by Gasteiger charge is -2.39. The molecule has 1 aliphatic heterocycles. The topological polar surface area (TPSA) is 84.9 Å². The molecular weight excluding hydrogens is 396 g/mol. The zero-order valence-electron chi connectivity index (χ0n) is 18.9. The van der Waals surface area contributed by atoms with Crippen LogP contribution in [0.5, 0.6) is 5.75 Å². The average molecular weight is 431 g/mol. The van der Waals surface area contributed by atoms with Gasteiger partial charge in [-0.3, -0.25) is 14.4 Å². The Labute approximate surface area is 184 Å². The number of likely N-dealkylation sites (tertiary alicyclic amines) is 1. The minimum Gasteiger partial charge on any atom is -0.497 e. The van der Waals surface area contributed by atoms with Crippen LogP contribution in [0.25, 0.3) is 0 Å². The number of amides is 2. The van der Waals surface area contributed by atoms with Crippen molar-refractivity contribution in [2.24, 2.45) is 17.8 Å². The third-order valence-corrected chi connectivity index (χ3v) is 6.84. The Morgan fingerprint density at radius 3 is 2.58 bits per heavy atom. The van der Waals surface area contributed by atoms with Crippen molar-refractivity contribution in [3.63, 3.8) is 0 Å². The largest absolute Gasteiger partial charge is 0.497 e. The molecule has 0 bridgehead atoms. The van der Waals surface area contributed by atoms with Crippen LogP contribution < -0.4 is 10.1 Å². The van der Waals surface area contributed by atoms with E-state index in [1.807, 2.05) is 29.2 Å². The highest BCUT2D eigenvalue weighted by atomic mass is 16.5. The monoisotopic (exact) mass is 430 g/mol. The minimum atomic E-state index is -0.913. The van der Waals surface area contributed by atoms with Gasteiger partial charge in [0, 0.05) is 25.6 Å². The Balaban J connectivity index is 1.48. The second-order valence-corrected chi connectivity index (χ2v) is 8.93. The Kier molecular flexibility index (Phi) is 7.57. The third-order valence-electron chi connectivity index (χ3n) is 6.84. The van der Waals surface area contributed by atoms with Crippen LogP contribution in [-0.2, 0) is 25.7 Å². The van der Waals surface area contributed by atoms with Crippen molar-refractivity contribution in [2.75, 3.05) is 13.7 Å². The maximum absolute atomic E-state index is 12.6. The van der Waals surface area contributed by atoms with Gasteiger partial charge in [-0.1, -0.05) is 38.8 Å². The third kappa shape index (κ3) is 5.57. The highest BCUT2D eigenvalue weighted by molar-refractivity contribution is 5.89. The molecule has 5 atom stereocenters. The first-order chi connectivity index (χ1) is 14.8. The van der Waals surface area contributed by atoms with Gasteiger partial charge in [-0.2, -0.15) is 0 Å². The predicted octanol–water partition coefficient (Wildman–Crippen LogP) is 2.92. The van der Waals surface area contributed by atoms with Crippen molar-refractivity contribution in [3.8, 4) is 5.75 Å². The van der Waals surface area contributed by atoms with Crippen molar-refractivity contribution < 1.29 is 23.9 Å². The molecule has 1 saturated heterocycles. The van der Waals surface area contributed by atoms with Crippen molar-refractivity contribution in [1.29, 1.82) is 0 Å². The van der Waals surface area contributed by atoms with Gasteiger partial charge in [-0.05, 0) is 42.9 Å². The van der Waals surface area contributed by atoms with Gasteiger partial charge in [-0.25, -0.2) is 0 Å². The Morgan fingerprint density at radius 1 is 1.19 bits per heavy atom. The van der Waals surface area contributed by atoms with E-state index in [-0.39, 0.29) is 24.3 Å². The van der Waals surface area contributed by atoms with Gasteiger partial charge in [0.05, 0.1) is 13.0 Å². The average Bonchev–Trinajstić information content (AvgIpc) is 3.15. The summed E-state index contributed by atoms with van der Waals surface area (Å²) in [7, 11) is 1.60. The standard InChI is InChI=1S/C24H34N2O5/c1-15-6-5-7-21(16(15)2)26-14-19(12-22(26)27)24(29)31-17(3)23(28)25-13-18-8-10-20(30-4)11-9-18/h8-11,15-17,19,21H,5-7,12-14H2,1-4H3,(H,25,28)/t15-,16+,17-,19+,21-/m0/s1. The van der Waals surface area contributed by atoms with E-state index in [0.29, 0.717) is 24.9 Å². The first-order valence-electron chi connectivity index (χ1n) is 11.2. The summed E-state index contributed by atoms with van der Waals surface area (Å²) < 4.78 is 10.5. The summed E-state index contributed by atoms with van der Waals surface area (Å²) in [6.07, 6.45) is 2.54. The van der Waals surface area contributed by atoms with E-state index >= 15 is 0 Å². The zero-order valence-corrected chi connectivity index (χ0v) is 18.9. The van der Waals surface area contributed by atoms with Crippen molar-refractivity contribution >= 4 is 17.8 Å². The van der Waals surface area contributed by atoms with E-state index < -0.39 is 18.0 Å². The molecule has 0 unspecified atom stereocenters. The van der Waals surface area contributed by atoms with E-state index in [2.05, 4.69) is 19.2 Å². The van der Waals surface area contributed by atoms with Gasteiger partial charge in [0.25, 0.3) is 5.91 Å². The molecule has 2 fully saturated rings. The number of rotatable bonds is 7. The summed E-state index contributed by atoms with van der Waals surface area (Å²) in [5, 5.41) is 2.78. The molecule has 1 heterocycles. The summed E-state index contributed by atoms with van der Waals surface area (Å²) in [5.41, 5.74) is 0.917. The smallest absolute Gasteiger partial charge is 0.312 e. The molecular formula is C24H34N2O5. The van der Waals surface area contributed by atoms with Crippen LogP contribution in [0.4, 0.5) is 0 Å². The van der Waals surface area contributed by atoms with Crippen LogP contribution >= 0.6 is 0 Å². The number of nitrogens with zero attached hydrogens (tertiary/aromatic N) is 1. The normalized spacial score (nSPS) is 27.0. The van der Waals surface area contributed by atoms with Crippen LogP contribution in [0.3, 0.4) is 0 Å². The van der Waals surface area contributed by atoms with Crippen molar-refractivity contribution in [3.05, 3.63) is 29.8 Å². The lowest BCUT2D eigenvalue weighted by Crippen LogP contribution is -2.45. The molecule has 0 spiro atoms. The van der Waals surface area contributed by atoms with Gasteiger partial charge < -0.3 is 19.7 Å². The van der Waals surface area contributed by atoms with E-state index in [9.17, 15) is 14.4 Å². The van der Waals surface area contributed by atoms with Crippen LogP contribution in [0.15, 0.2) is 24.3 Å². The highest BCUT2D eigenvalue weighted by Crippen LogP contribution is 2.36. The maximum atomic E-state index is 12.6. The fourth-order valence-corrected chi connectivity index (χ4v) is 4.60. The second kappa shape index (κ2) is 10.2. The van der Waals surface area contributed by atoms with Gasteiger partial charge in [0.1, 0.15) is 5.75 Å². The Morgan fingerprint density at radius 2 is 1.90 bits per heavy atom. The zero-order chi connectivity index (χ0) is 22.5. The highest BCUT2D eigenvalue weighted by Gasteiger charge is 2.42. The molecule has 1 N–H and O–H groups in total. The number of esters is 1. The summed E-state index contributed by atoms with van der Waals surface area (Å²) in [5.74, 6) is 0.425. The van der Waals surface area contributed by atoms with Gasteiger partial charge in [0.15, 0.2) is 6.10 Å². The Bertz CT molecular complexity index is 794. The van der Waals surface area contributed by atoms with Crippen molar-refractivity contribution in [1.82, 2.24) is 10.2 Å². The second-order valence-electron chi connectivity index (χ2n) is 8.93. The molecule has 0 aromatic heterocycles. The SMILES string of the molecule is COc1ccc(CNC(=O)[C@H](C)OC(=O)[C@@H]2CC(=O)N([C@H]3CCC[C@H](C)[C@H]3C)C2)cc1. The Hall–Kier alpha value is -2.57. The number of carbonyl (C=O) groups excluding carboxylic acids is 3. The number of methoxy groups -OCH3 is 1. The fourth-order valence-electron chi connectivity index (χ4n) is 4.60. The van der Waals surface area contributed by atoms with E-state index in [1.54, 1.807) is 14.0 Å². The molecule has 7 heteroatoms. The number of hydrogen-bond acceptors (Lipinski definition) is 5. The number of ether oxygens (including phenoxy) is 2. The summed E-state index contributed by atoms with van der Waals surface area (Å²) >= 11 is 0. The van der Waals surface area contributed by atoms with Gasteiger partial charge >= 0.3 is 5.97 Å². The molecule has 2 amide bonds. The first kappa shape index (κ1) is 23.1. The van der Waals surface area contributed by atoms with Crippen LogP contribution in [0.1, 0.15) is 52.0 Å².